The van der Waals surface area contributed by atoms with Gasteiger partial charge in [-0.25, -0.2) is 0 Å². The van der Waals surface area contributed by atoms with Crippen LogP contribution in [0.4, 0.5) is 5.69 Å². The largest absolute Gasteiger partial charge is 0.397 e. The first-order valence-corrected chi connectivity index (χ1v) is 5.86. The summed E-state index contributed by atoms with van der Waals surface area (Å²) >= 11 is 5.96. The number of rotatable bonds is 2. The average molecular weight is 250 g/mol. The molecule has 5 heteroatoms. The third-order valence-electron chi connectivity index (χ3n) is 3.25. The molecule has 0 unspecified atom stereocenters. The fourth-order valence-electron chi connectivity index (χ4n) is 1.71. The van der Waals surface area contributed by atoms with Gasteiger partial charge in [0, 0.05) is 5.41 Å². The van der Waals surface area contributed by atoms with Gasteiger partial charge in [0.15, 0.2) is 5.82 Å². The summed E-state index contributed by atoms with van der Waals surface area (Å²) in [6.45, 7) is 2.13. The van der Waals surface area contributed by atoms with Gasteiger partial charge in [0.2, 0.25) is 0 Å². The minimum atomic E-state index is 0.0923. The maximum atomic E-state index is 5.96. The molecule has 0 atom stereocenters. The molecule has 3 rings (SSSR count). The van der Waals surface area contributed by atoms with E-state index < -0.39 is 0 Å². The van der Waals surface area contributed by atoms with Crippen molar-refractivity contribution in [1.29, 1.82) is 0 Å². The first kappa shape index (κ1) is 10.6. The summed E-state index contributed by atoms with van der Waals surface area (Å²) in [4.78, 5) is 4.40. The smallest absolute Gasteiger partial charge is 0.260 e. The highest BCUT2D eigenvalue weighted by Crippen LogP contribution is 2.46. The van der Waals surface area contributed by atoms with Crippen molar-refractivity contribution >= 4 is 17.3 Å². The van der Waals surface area contributed by atoms with E-state index in [0.717, 1.165) is 18.7 Å². The highest BCUT2D eigenvalue weighted by atomic mass is 35.5. The van der Waals surface area contributed by atoms with E-state index in [1.165, 1.54) is 0 Å². The normalized spacial score (nSPS) is 17.1. The Morgan fingerprint density at radius 3 is 2.88 bits per heavy atom. The second kappa shape index (κ2) is 3.47. The van der Waals surface area contributed by atoms with E-state index in [2.05, 4.69) is 17.1 Å². The van der Waals surface area contributed by atoms with E-state index in [9.17, 15) is 0 Å². The van der Waals surface area contributed by atoms with Crippen LogP contribution in [0.1, 0.15) is 25.6 Å². The molecule has 1 aromatic heterocycles. The summed E-state index contributed by atoms with van der Waals surface area (Å²) < 4.78 is 5.25. The van der Waals surface area contributed by atoms with Gasteiger partial charge in [-0.3, -0.25) is 0 Å². The van der Waals surface area contributed by atoms with Crippen molar-refractivity contribution in [3.05, 3.63) is 29.0 Å². The molecule has 4 nitrogen and oxygen atoms in total. The third kappa shape index (κ3) is 1.69. The topological polar surface area (TPSA) is 64.9 Å². The van der Waals surface area contributed by atoms with E-state index in [4.69, 9.17) is 21.9 Å². The minimum Gasteiger partial charge on any atom is -0.397 e. The lowest BCUT2D eigenvalue weighted by molar-refractivity contribution is 0.416. The van der Waals surface area contributed by atoms with E-state index >= 15 is 0 Å². The zero-order chi connectivity index (χ0) is 12.0. The first-order valence-electron chi connectivity index (χ1n) is 5.49. The Kier molecular flexibility index (Phi) is 2.16. The Morgan fingerprint density at radius 2 is 2.18 bits per heavy atom. The molecule has 0 amide bonds. The van der Waals surface area contributed by atoms with Gasteiger partial charge in [0.05, 0.1) is 16.3 Å². The van der Waals surface area contributed by atoms with Crippen molar-refractivity contribution < 1.29 is 4.52 Å². The highest BCUT2D eigenvalue weighted by Gasteiger charge is 2.43. The predicted octanol–water partition coefficient (Wildman–Crippen LogP) is 3.02. The number of hydrogen-bond acceptors (Lipinski definition) is 4. The summed E-state index contributed by atoms with van der Waals surface area (Å²) in [5, 5.41) is 4.51. The zero-order valence-corrected chi connectivity index (χ0v) is 10.2. The first-order chi connectivity index (χ1) is 8.10. The van der Waals surface area contributed by atoms with E-state index in [1.807, 2.05) is 12.1 Å². The average Bonchev–Trinajstić information content (AvgIpc) is 2.88. The number of aromatic nitrogens is 2. The maximum absolute atomic E-state index is 5.96. The Balaban J connectivity index is 2.04. The van der Waals surface area contributed by atoms with Crippen LogP contribution in [0, 0.1) is 0 Å². The van der Waals surface area contributed by atoms with Crippen molar-refractivity contribution in [1.82, 2.24) is 10.1 Å². The Hall–Kier alpha value is -1.55. The number of nitrogens with two attached hydrogens (primary N) is 1. The summed E-state index contributed by atoms with van der Waals surface area (Å²) in [6.07, 6.45) is 2.22. The molecule has 1 fully saturated rings. The van der Waals surface area contributed by atoms with Gasteiger partial charge < -0.3 is 10.3 Å². The molecule has 1 heterocycles. The molecule has 2 N–H and O–H groups in total. The molecular weight excluding hydrogens is 238 g/mol. The highest BCUT2D eigenvalue weighted by molar-refractivity contribution is 6.33. The second-order valence-corrected chi connectivity index (χ2v) is 5.09. The Labute approximate surface area is 104 Å². The summed E-state index contributed by atoms with van der Waals surface area (Å²) in [5.41, 5.74) is 7.15. The third-order valence-corrected chi connectivity index (χ3v) is 3.58. The van der Waals surface area contributed by atoms with E-state index in [-0.39, 0.29) is 5.41 Å². The second-order valence-electron chi connectivity index (χ2n) is 4.68. The van der Waals surface area contributed by atoms with Crippen LogP contribution in [0.3, 0.4) is 0 Å². The van der Waals surface area contributed by atoms with Crippen LogP contribution in [-0.4, -0.2) is 10.1 Å². The van der Waals surface area contributed by atoms with Crippen molar-refractivity contribution in [2.24, 2.45) is 0 Å². The molecule has 0 aliphatic heterocycles. The van der Waals surface area contributed by atoms with Crippen molar-refractivity contribution in [2.75, 3.05) is 5.73 Å². The number of hydrogen-bond donors (Lipinski definition) is 1. The molecule has 0 bridgehead atoms. The van der Waals surface area contributed by atoms with E-state index in [0.29, 0.717) is 22.2 Å². The monoisotopic (exact) mass is 249 g/mol. The molecule has 2 aromatic rings. The lowest BCUT2D eigenvalue weighted by Gasteiger charge is -2.02. The molecule has 17 heavy (non-hydrogen) atoms. The van der Waals surface area contributed by atoms with Crippen LogP contribution in [0.15, 0.2) is 22.7 Å². The van der Waals surface area contributed by atoms with Crippen LogP contribution < -0.4 is 5.73 Å². The SMILES string of the molecule is CC1(c2noc(-c3cccc(Cl)c3N)n2)CC1. The van der Waals surface area contributed by atoms with Gasteiger partial charge in [-0.15, -0.1) is 0 Å². The number of nitrogen functional groups attached to an aromatic ring is 1. The molecule has 1 aliphatic rings. The fraction of sp³-hybridized carbons (Fsp3) is 0.333. The van der Waals surface area contributed by atoms with Gasteiger partial charge in [-0.05, 0) is 25.0 Å². The molecule has 1 aliphatic carbocycles. The van der Waals surface area contributed by atoms with Crippen molar-refractivity contribution in [2.45, 2.75) is 25.2 Å². The summed E-state index contributed by atoms with van der Waals surface area (Å²) in [7, 11) is 0. The van der Waals surface area contributed by atoms with Gasteiger partial charge >= 0.3 is 0 Å². The number of halogens is 1. The molecule has 1 saturated carbocycles. The Bertz CT molecular complexity index is 575. The van der Waals surface area contributed by atoms with E-state index in [1.54, 1.807) is 6.07 Å². The lowest BCUT2D eigenvalue weighted by Crippen LogP contribution is -2.02. The summed E-state index contributed by atoms with van der Waals surface area (Å²) in [5.74, 6) is 1.19. The predicted molar refractivity (Wildman–Crippen MR) is 65.7 cm³/mol. The van der Waals surface area contributed by atoms with Crippen LogP contribution in [0.25, 0.3) is 11.5 Å². The number of nitrogens with zero attached hydrogens (tertiary/aromatic N) is 2. The molecular formula is C12H12ClN3O. The molecule has 0 spiro atoms. The number of anilines is 1. The maximum Gasteiger partial charge on any atom is 0.260 e. The molecule has 0 saturated heterocycles. The van der Waals surface area contributed by atoms with Crippen molar-refractivity contribution in [3.63, 3.8) is 0 Å². The minimum absolute atomic E-state index is 0.0923. The lowest BCUT2D eigenvalue weighted by atomic mass is 10.1. The standard InChI is InChI=1S/C12H12ClN3O/c1-12(5-6-12)11-15-10(17-16-11)7-3-2-4-8(13)9(7)14/h2-4H,5-6,14H2,1H3. The Morgan fingerprint density at radius 1 is 1.41 bits per heavy atom. The van der Waals surface area contributed by atoms with Gasteiger partial charge in [-0.1, -0.05) is 29.7 Å². The fourth-order valence-corrected chi connectivity index (χ4v) is 1.89. The molecule has 88 valence electrons. The van der Waals surface area contributed by atoms with Crippen LogP contribution in [0.5, 0.6) is 0 Å². The number of benzene rings is 1. The van der Waals surface area contributed by atoms with Crippen LogP contribution in [0.2, 0.25) is 5.02 Å². The van der Waals surface area contributed by atoms with Gasteiger partial charge in [-0.2, -0.15) is 4.98 Å². The van der Waals surface area contributed by atoms with Crippen LogP contribution in [-0.2, 0) is 5.41 Å². The summed E-state index contributed by atoms with van der Waals surface area (Å²) in [6, 6.07) is 5.38. The van der Waals surface area contributed by atoms with Gasteiger partial charge in [0.1, 0.15) is 0 Å². The van der Waals surface area contributed by atoms with Crippen molar-refractivity contribution in [3.8, 4) is 11.5 Å². The van der Waals surface area contributed by atoms with Crippen LogP contribution >= 0.6 is 11.6 Å². The molecule has 1 aromatic carbocycles. The zero-order valence-electron chi connectivity index (χ0n) is 9.40. The number of para-hydroxylation sites is 1. The molecule has 0 radical (unpaired) electrons. The quantitative estimate of drug-likeness (QED) is 0.831. The van der Waals surface area contributed by atoms with Gasteiger partial charge in [0.25, 0.3) is 5.89 Å².